The predicted octanol–water partition coefficient (Wildman–Crippen LogP) is 2.64. The fourth-order valence-corrected chi connectivity index (χ4v) is 3.75. The van der Waals surface area contributed by atoms with Crippen LogP contribution < -0.4 is 10.6 Å². The number of aliphatic hydroxyl groups excluding tert-OH is 1. The molecule has 2 bridgehead atoms. The summed E-state index contributed by atoms with van der Waals surface area (Å²) in [5.41, 5.74) is 2.73. The fraction of sp³-hybridized carbons (Fsp3) is 0.381. The number of benzene rings is 1. The van der Waals surface area contributed by atoms with E-state index in [9.17, 15) is 9.90 Å². The van der Waals surface area contributed by atoms with Crippen LogP contribution in [0.1, 0.15) is 30.6 Å². The van der Waals surface area contributed by atoms with Crippen molar-refractivity contribution in [1.82, 2.24) is 20.1 Å². The van der Waals surface area contributed by atoms with E-state index in [4.69, 9.17) is 4.74 Å². The first-order valence-corrected chi connectivity index (χ1v) is 9.90. The first-order valence-electron chi connectivity index (χ1n) is 9.90. The van der Waals surface area contributed by atoms with Crippen LogP contribution in [0.4, 0.5) is 10.6 Å². The number of pyridine rings is 1. The Balaban J connectivity index is 1.69. The zero-order valence-corrected chi connectivity index (χ0v) is 16.3. The van der Waals surface area contributed by atoms with E-state index in [0.717, 1.165) is 35.1 Å². The number of rotatable bonds is 3. The van der Waals surface area contributed by atoms with Crippen LogP contribution in [0.2, 0.25) is 0 Å². The Hall–Kier alpha value is -2.97. The summed E-state index contributed by atoms with van der Waals surface area (Å²) < 4.78 is 7.87. The standard InChI is InChI=1S/C21H25N5O3/c1-2-26-20-15(12-22-26)11-18-23-16(20)9-6-10-29-17(13-27)19(25-21(28)24-18)14-7-4-3-5-8-14/h3-5,7-8,11-12,17,19,27H,2,6,9-10,13H2,1H3,(H2,23,24,25,28)/t17-,19+/m0/s1. The molecule has 4 rings (SSSR count). The van der Waals surface area contributed by atoms with Gasteiger partial charge in [-0.1, -0.05) is 30.3 Å². The van der Waals surface area contributed by atoms with Crippen LogP contribution in [0.3, 0.4) is 0 Å². The highest BCUT2D eigenvalue weighted by atomic mass is 16.5. The third kappa shape index (κ3) is 4.08. The summed E-state index contributed by atoms with van der Waals surface area (Å²) in [4.78, 5) is 17.4. The molecule has 0 radical (unpaired) electrons. The van der Waals surface area contributed by atoms with Crippen molar-refractivity contribution in [2.45, 2.75) is 38.5 Å². The number of urea groups is 1. The lowest BCUT2D eigenvalue weighted by Crippen LogP contribution is -2.42. The highest BCUT2D eigenvalue weighted by molar-refractivity contribution is 5.92. The molecule has 1 aliphatic heterocycles. The van der Waals surface area contributed by atoms with Crippen molar-refractivity contribution in [2.75, 3.05) is 18.5 Å². The Morgan fingerprint density at radius 1 is 1.31 bits per heavy atom. The van der Waals surface area contributed by atoms with Gasteiger partial charge in [0.15, 0.2) is 0 Å². The smallest absolute Gasteiger partial charge is 0.320 e. The van der Waals surface area contributed by atoms with Crippen LogP contribution in [0.5, 0.6) is 0 Å². The minimum Gasteiger partial charge on any atom is -0.394 e. The number of carbonyl (C=O) groups excluding carboxylic acids is 1. The molecule has 0 fully saturated rings. The van der Waals surface area contributed by atoms with Gasteiger partial charge in [-0.15, -0.1) is 0 Å². The third-order valence-corrected chi connectivity index (χ3v) is 5.12. The summed E-state index contributed by atoms with van der Waals surface area (Å²) in [6.07, 6.45) is 2.68. The zero-order chi connectivity index (χ0) is 20.2. The maximum Gasteiger partial charge on any atom is 0.320 e. The summed E-state index contributed by atoms with van der Waals surface area (Å²) in [6.45, 7) is 3.03. The summed E-state index contributed by atoms with van der Waals surface area (Å²) in [6, 6.07) is 10.5. The lowest BCUT2D eigenvalue weighted by molar-refractivity contribution is -0.00905. The number of carbonyl (C=O) groups is 1. The van der Waals surface area contributed by atoms with Crippen LogP contribution in [0.25, 0.3) is 10.9 Å². The SMILES string of the molecule is CCn1ncc2cc3nc(c21)CCCO[C@@H](CO)[C@@H](c1ccccc1)NC(=O)N3. The molecule has 0 unspecified atom stereocenters. The molecular formula is C21H25N5O3. The molecule has 0 spiro atoms. The van der Waals surface area contributed by atoms with E-state index in [2.05, 4.69) is 20.7 Å². The zero-order valence-electron chi connectivity index (χ0n) is 16.3. The molecule has 1 aromatic carbocycles. The van der Waals surface area contributed by atoms with E-state index in [1.54, 1.807) is 6.20 Å². The van der Waals surface area contributed by atoms with Crippen LogP contribution in [-0.2, 0) is 17.7 Å². The maximum absolute atomic E-state index is 12.7. The molecule has 29 heavy (non-hydrogen) atoms. The Kier molecular flexibility index (Phi) is 5.73. The molecule has 3 aromatic rings. The van der Waals surface area contributed by atoms with Crippen molar-refractivity contribution in [3.8, 4) is 0 Å². The van der Waals surface area contributed by atoms with Crippen LogP contribution in [0.15, 0.2) is 42.6 Å². The summed E-state index contributed by atoms with van der Waals surface area (Å²) in [7, 11) is 0. The molecule has 0 saturated carbocycles. The topological polar surface area (TPSA) is 101 Å². The van der Waals surface area contributed by atoms with Crippen LogP contribution >= 0.6 is 0 Å². The molecule has 0 saturated heterocycles. The largest absolute Gasteiger partial charge is 0.394 e. The fourth-order valence-electron chi connectivity index (χ4n) is 3.75. The quantitative estimate of drug-likeness (QED) is 0.633. The number of fused-ring (bicyclic) bond motifs is 4. The second kappa shape index (κ2) is 8.59. The Morgan fingerprint density at radius 2 is 2.14 bits per heavy atom. The maximum atomic E-state index is 12.7. The van der Waals surface area contributed by atoms with Gasteiger partial charge in [-0.3, -0.25) is 10.00 Å². The van der Waals surface area contributed by atoms with Gasteiger partial charge < -0.3 is 15.2 Å². The summed E-state index contributed by atoms with van der Waals surface area (Å²) >= 11 is 0. The molecule has 3 N–H and O–H groups in total. The highest BCUT2D eigenvalue weighted by Gasteiger charge is 2.26. The second-order valence-corrected chi connectivity index (χ2v) is 7.03. The van der Waals surface area contributed by atoms with E-state index in [1.807, 2.05) is 48.0 Å². The Labute approximate surface area is 168 Å². The molecule has 152 valence electrons. The monoisotopic (exact) mass is 395 g/mol. The van der Waals surface area contributed by atoms with Crippen molar-refractivity contribution >= 4 is 22.8 Å². The van der Waals surface area contributed by atoms with E-state index in [-0.39, 0.29) is 6.61 Å². The average molecular weight is 395 g/mol. The van der Waals surface area contributed by atoms with Gasteiger partial charge in [-0.05, 0) is 31.4 Å². The van der Waals surface area contributed by atoms with Gasteiger partial charge in [0, 0.05) is 18.5 Å². The number of aromatic nitrogens is 3. The van der Waals surface area contributed by atoms with Crippen molar-refractivity contribution in [2.24, 2.45) is 0 Å². The normalized spacial score (nSPS) is 20.4. The number of hydrogen-bond acceptors (Lipinski definition) is 5. The second-order valence-electron chi connectivity index (χ2n) is 7.03. The number of hydrogen-bond donors (Lipinski definition) is 3. The predicted molar refractivity (Wildman–Crippen MR) is 110 cm³/mol. The van der Waals surface area contributed by atoms with Crippen LogP contribution in [-0.4, -0.2) is 45.2 Å². The first kappa shape index (κ1) is 19.4. The van der Waals surface area contributed by atoms with Crippen molar-refractivity contribution in [1.29, 1.82) is 0 Å². The Bertz CT molecular complexity index is 989. The number of aliphatic hydroxyl groups is 1. The molecule has 2 aromatic heterocycles. The lowest BCUT2D eigenvalue weighted by Gasteiger charge is -2.28. The number of amides is 2. The van der Waals surface area contributed by atoms with Crippen molar-refractivity contribution in [3.05, 3.63) is 53.9 Å². The van der Waals surface area contributed by atoms with Gasteiger partial charge in [0.05, 0.1) is 30.1 Å². The molecular weight excluding hydrogens is 370 g/mol. The Morgan fingerprint density at radius 3 is 2.90 bits per heavy atom. The molecule has 8 heteroatoms. The number of nitrogens with one attached hydrogen (secondary N) is 2. The van der Waals surface area contributed by atoms with E-state index < -0.39 is 18.2 Å². The minimum absolute atomic E-state index is 0.198. The molecule has 2 atom stereocenters. The number of anilines is 1. The van der Waals surface area contributed by atoms with Gasteiger partial charge in [0.2, 0.25) is 0 Å². The van der Waals surface area contributed by atoms with Gasteiger partial charge >= 0.3 is 6.03 Å². The molecule has 8 nitrogen and oxygen atoms in total. The van der Waals surface area contributed by atoms with Gasteiger partial charge in [-0.2, -0.15) is 5.10 Å². The molecule has 0 aliphatic carbocycles. The van der Waals surface area contributed by atoms with E-state index in [1.165, 1.54) is 0 Å². The third-order valence-electron chi connectivity index (χ3n) is 5.12. The van der Waals surface area contributed by atoms with Crippen LogP contribution in [0, 0.1) is 0 Å². The summed E-state index contributed by atoms with van der Waals surface area (Å²) in [5.74, 6) is 0.481. The van der Waals surface area contributed by atoms with Crippen molar-refractivity contribution in [3.63, 3.8) is 0 Å². The highest BCUT2D eigenvalue weighted by Crippen LogP contribution is 2.24. The molecule has 2 amide bonds. The molecule has 1 aliphatic rings. The lowest BCUT2D eigenvalue weighted by atomic mass is 10.0. The first-order chi connectivity index (χ1) is 14.2. The number of aryl methyl sites for hydroxylation is 2. The van der Waals surface area contributed by atoms with E-state index in [0.29, 0.717) is 18.8 Å². The average Bonchev–Trinajstić information content (AvgIpc) is 3.15. The van der Waals surface area contributed by atoms with Gasteiger partial charge in [0.25, 0.3) is 0 Å². The number of ether oxygens (including phenoxy) is 1. The van der Waals surface area contributed by atoms with Gasteiger partial charge in [0.1, 0.15) is 11.9 Å². The van der Waals surface area contributed by atoms with Gasteiger partial charge in [-0.25, -0.2) is 9.78 Å². The number of nitrogens with zero attached hydrogens (tertiary/aromatic N) is 3. The minimum atomic E-state index is -0.546. The summed E-state index contributed by atoms with van der Waals surface area (Å²) in [5, 5.41) is 21.0. The molecule has 3 heterocycles. The van der Waals surface area contributed by atoms with Crippen molar-refractivity contribution < 1.29 is 14.6 Å². The van der Waals surface area contributed by atoms with E-state index >= 15 is 0 Å².